The van der Waals surface area contributed by atoms with Crippen molar-refractivity contribution < 1.29 is 6.85 Å². The van der Waals surface area contributed by atoms with Crippen molar-refractivity contribution in [1.82, 2.24) is 4.57 Å². The fraction of sp³-hybridized carbons (Fsp3) is 0.0400. The van der Waals surface area contributed by atoms with Gasteiger partial charge < -0.3 is 4.57 Å². The van der Waals surface area contributed by atoms with Crippen molar-refractivity contribution in [3.05, 3.63) is 103 Å². The van der Waals surface area contributed by atoms with E-state index in [1.165, 1.54) is 5.56 Å². The second-order valence-corrected chi connectivity index (χ2v) is 6.42. The first-order chi connectivity index (χ1) is 14.9. The number of rotatable bonds is 2. The highest BCUT2D eigenvalue weighted by atomic mass is 15.0. The number of hydrogen-bond donors (Lipinski definition) is 0. The van der Waals surface area contributed by atoms with E-state index in [1.54, 1.807) is 0 Å². The van der Waals surface area contributed by atoms with Gasteiger partial charge in [-0.15, -0.1) is 0 Å². The maximum Gasteiger partial charge on any atom is 0.0629 e. The molecule has 5 aromatic rings. The maximum absolute atomic E-state index is 8.33. The van der Waals surface area contributed by atoms with Gasteiger partial charge in [-0.2, -0.15) is 0 Å². The van der Waals surface area contributed by atoms with Gasteiger partial charge in [0.1, 0.15) is 0 Å². The van der Waals surface area contributed by atoms with Crippen LogP contribution in [0.3, 0.4) is 0 Å². The van der Waals surface area contributed by atoms with Crippen LogP contribution in [0.25, 0.3) is 38.6 Å². The minimum absolute atomic E-state index is 0.187. The third-order valence-electron chi connectivity index (χ3n) is 4.72. The number of fused-ring (bicyclic) bond motifs is 3. The van der Waals surface area contributed by atoms with E-state index in [9.17, 15) is 0 Å². The molecule has 124 valence electrons. The van der Waals surface area contributed by atoms with Gasteiger partial charge in [0.15, 0.2) is 0 Å². The first kappa shape index (κ1) is 10.6. The molecule has 4 aromatic carbocycles. The molecule has 26 heavy (non-hydrogen) atoms. The van der Waals surface area contributed by atoms with Crippen molar-refractivity contribution in [1.29, 1.82) is 0 Å². The number of aryl methyl sites for hydroxylation is 1. The van der Waals surface area contributed by atoms with E-state index in [0.29, 0.717) is 5.56 Å². The van der Waals surface area contributed by atoms with Gasteiger partial charge in [-0.1, -0.05) is 66.6 Å². The summed E-state index contributed by atoms with van der Waals surface area (Å²) >= 11 is 0. The average molecular weight is 338 g/mol. The molecule has 0 bridgehead atoms. The molecular formula is C25H19N. The van der Waals surface area contributed by atoms with Crippen LogP contribution in [0.1, 0.15) is 12.4 Å². The third kappa shape index (κ3) is 2.33. The maximum atomic E-state index is 8.33. The second kappa shape index (κ2) is 5.89. The number of nitrogens with zero attached hydrogens (tertiary/aromatic N) is 1. The lowest BCUT2D eigenvalue weighted by Crippen LogP contribution is -1.93. The van der Waals surface area contributed by atoms with Gasteiger partial charge in [-0.05, 0) is 53.9 Å². The minimum Gasteiger partial charge on any atom is -0.309 e. The lowest BCUT2D eigenvalue weighted by atomic mass is 10.0. The Hall–Kier alpha value is -3.32. The van der Waals surface area contributed by atoms with E-state index < -0.39 is 0 Å². The predicted octanol–water partition coefficient (Wildman–Crippen LogP) is 6.76. The summed E-state index contributed by atoms with van der Waals surface area (Å²) in [6.07, 6.45) is 0. The predicted molar refractivity (Wildman–Crippen MR) is 111 cm³/mol. The Bertz CT molecular complexity index is 1470. The van der Waals surface area contributed by atoms with Gasteiger partial charge in [0.25, 0.3) is 0 Å². The van der Waals surface area contributed by atoms with E-state index in [1.807, 2.05) is 36.4 Å². The second-order valence-electron chi connectivity index (χ2n) is 6.42. The Morgan fingerprint density at radius 1 is 0.692 bits per heavy atom. The monoisotopic (exact) mass is 338 g/mol. The van der Waals surface area contributed by atoms with Crippen molar-refractivity contribution in [2.45, 2.75) is 6.92 Å². The Morgan fingerprint density at radius 3 is 2.35 bits per heavy atom. The molecule has 0 unspecified atom stereocenters. The normalized spacial score (nSPS) is 14.0. The third-order valence-corrected chi connectivity index (χ3v) is 4.72. The van der Waals surface area contributed by atoms with Crippen LogP contribution in [-0.2, 0) is 0 Å². The van der Waals surface area contributed by atoms with Crippen LogP contribution in [0.4, 0.5) is 0 Å². The fourth-order valence-corrected chi connectivity index (χ4v) is 3.57. The number of hydrogen-bond acceptors (Lipinski definition) is 0. The lowest BCUT2D eigenvalue weighted by molar-refractivity contribution is 1.17. The summed E-state index contributed by atoms with van der Waals surface area (Å²) in [6, 6.07) is 20.7. The number of aromatic nitrogens is 1. The van der Waals surface area contributed by atoms with E-state index >= 15 is 0 Å². The summed E-state index contributed by atoms with van der Waals surface area (Å²) in [7, 11) is 0. The summed E-state index contributed by atoms with van der Waals surface area (Å²) in [5.41, 5.74) is 5.11. The van der Waals surface area contributed by atoms with Gasteiger partial charge in [0, 0.05) is 16.5 Å². The quantitative estimate of drug-likeness (QED) is 0.335. The minimum atomic E-state index is -0.379. The number of para-hydroxylation sites is 1. The summed E-state index contributed by atoms with van der Waals surface area (Å²) in [5.74, 6) is 0. The van der Waals surface area contributed by atoms with Crippen LogP contribution in [0.5, 0.6) is 0 Å². The van der Waals surface area contributed by atoms with Crippen LogP contribution in [-0.4, -0.2) is 4.57 Å². The molecule has 0 radical (unpaired) electrons. The molecule has 0 aliphatic heterocycles. The largest absolute Gasteiger partial charge is 0.309 e. The molecule has 5 rings (SSSR count). The van der Waals surface area contributed by atoms with Crippen molar-refractivity contribution in [3.8, 4) is 16.8 Å². The molecule has 1 heterocycles. The van der Waals surface area contributed by atoms with Crippen LogP contribution < -0.4 is 0 Å². The van der Waals surface area contributed by atoms with Crippen LogP contribution in [0, 0.1) is 6.92 Å². The Balaban J connectivity index is 1.85. The van der Waals surface area contributed by atoms with Gasteiger partial charge in [-0.25, -0.2) is 0 Å². The van der Waals surface area contributed by atoms with Crippen LogP contribution >= 0.6 is 0 Å². The first-order valence-electron chi connectivity index (χ1n) is 11.1. The first-order valence-corrected chi connectivity index (χ1v) is 8.56. The van der Waals surface area contributed by atoms with Gasteiger partial charge >= 0.3 is 0 Å². The number of benzene rings is 4. The molecule has 0 saturated carbocycles. The van der Waals surface area contributed by atoms with E-state index in [4.69, 9.17) is 6.85 Å². The molecule has 0 fully saturated rings. The Kier molecular flexibility index (Phi) is 2.41. The summed E-state index contributed by atoms with van der Waals surface area (Å²) in [6.45, 7) is 2.06. The summed E-state index contributed by atoms with van der Waals surface area (Å²) < 4.78 is 42.7. The molecule has 0 atom stereocenters. The molecule has 1 nitrogen and oxygen atoms in total. The molecule has 1 heteroatoms. The molecule has 0 N–H and O–H groups in total. The highest BCUT2D eigenvalue weighted by molar-refractivity contribution is 6.10. The Morgan fingerprint density at radius 2 is 1.50 bits per heavy atom. The standard InChI is InChI=1S/C25H19N/c1-18-8-7-11-21(16-18)26-24-13-6-5-12-22(24)23-17-20(14-15-25(23)26)19-9-3-2-4-10-19/h2-17H,1H3/i2D,3D,4D,9D,10D. The van der Waals surface area contributed by atoms with E-state index in [-0.39, 0.29) is 35.8 Å². The fourth-order valence-electron chi connectivity index (χ4n) is 3.57. The van der Waals surface area contributed by atoms with Crippen LogP contribution in [0.2, 0.25) is 0 Å². The molecule has 0 aliphatic carbocycles. The molecule has 0 aliphatic rings. The van der Waals surface area contributed by atoms with Gasteiger partial charge in [0.05, 0.1) is 17.9 Å². The Labute approximate surface area is 160 Å². The van der Waals surface area contributed by atoms with Crippen molar-refractivity contribution >= 4 is 21.8 Å². The molecule has 0 saturated heterocycles. The molecule has 1 aromatic heterocycles. The van der Waals surface area contributed by atoms with Gasteiger partial charge in [0.2, 0.25) is 0 Å². The highest BCUT2D eigenvalue weighted by Crippen LogP contribution is 2.34. The molecular weight excluding hydrogens is 314 g/mol. The van der Waals surface area contributed by atoms with Gasteiger partial charge in [-0.3, -0.25) is 0 Å². The van der Waals surface area contributed by atoms with Crippen molar-refractivity contribution in [2.24, 2.45) is 0 Å². The zero-order valence-corrected chi connectivity index (χ0v) is 14.3. The average Bonchev–Trinajstić information content (AvgIpc) is 3.10. The van der Waals surface area contributed by atoms with Crippen molar-refractivity contribution in [3.63, 3.8) is 0 Å². The molecule has 0 spiro atoms. The van der Waals surface area contributed by atoms with Crippen LogP contribution in [0.15, 0.2) is 96.9 Å². The highest BCUT2D eigenvalue weighted by Gasteiger charge is 2.12. The molecule has 0 amide bonds. The van der Waals surface area contributed by atoms with E-state index in [0.717, 1.165) is 27.5 Å². The smallest absolute Gasteiger partial charge is 0.0629 e. The summed E-state index contributed by atoms with van der Waals surface area (Å²) in [5, 5.41) is 2.02. The lowest BCUT2D eigenvalue weighted by Gasteiger charge is -2.09. The van der Waals surface area contributed by atoms with E-state index in [2.05, 4.69) is 41.8 Å². The summed E-state index contributed by atoms with van der Waals surface area (Å²) in [4.78, 5) is 0. The SMILES string of the molecule is [2H]c1c([2H])c([2H])c(-c2ccc3c(c2)c2ccccc2n3-c2cccc(C)c2)c([2H])c1[2H]. The zero-order chi connectivity index (χ0) is 21.9. The zero-order valence-electron chi connectivity index (χ0n) is 19.3. The van der Waals surface area contributed by atoms with Crippen molar-refractivity contribution in [2.75, 3.05) is 0 Å². The topological polar surface area (TPSA) is 4.93 Å².